The van der Waals surface area contributed by atoms with Gasteiger partial charge < -0.3 is 15.2 Å². The molecule has 1 aliphatic carbocycles. The minimum absolute atomic E-state index is 0. The number of rotatable bonds is 10. The topological polar surface area (TPSA) is 29.0 Å². The molecular formula is C28H40ClN3. The highest BCUT2D eigenvalue weighted by Gasteiger charge is 2.23. The molecule has 0 saturated heterocycles. The molecule has 2 aromatic carbocycles. The standard InChI is InChI=1S/C28H39N3.ClH/c1-22-10-8-11-23(20-22)25(16-19-30-18-9-17-29-2)27-21-31(24-12-4-3-5-13-24)28-15-7-6-14-26(27)28;/h6-8,10-11,14-15,20-21,24-25,29-30H,3-5,9,12-13,16-19H2,1-2H3;1H. The lowest BCUT2D eigenvalue weighted by molar-refractivity contribution is 0.360. The quantitative estimate of drug-likeness (QED) is 0.338. The van der Waals surface area contributed by atoms with Crippen LogP contribution in [0.15, 0.2) is 54.7 Å². The van der Waals surface area contributed by atoms with Crippen LogP contribution in [0.1, 0.15) is 73.6 Å². The minimum atomic E-state index is 0. The maximum Gasteiger partial charge on any atom is 0.0485 e. The lowest BCUT2D eigenvalue weighted by Gasteiger charge is -2.24. The van der Waals surface area contributed by atoms with Crippen molar-refractivity contribution >= 4 is 23.3 Å². The lowest BCUT2D eigenvalue weighted by atomic mass is 9.87. The van der Waals surface area contributed by atoms with Gasteiger partial charge in [-0.15, -0.1) is 12.4 Å². The smallest absolute Gasteiger partial charge is 0.0485 e. The van der Waals surface area contributed by atoms with Crippen molar-refractivity contribution in [1.82, 2.24) is 15.2 Å². The predicted octanol–water partition coefficient (Wildman–Crippen LogP) is 6.60. The molecule has 0 bridgehead atoms. The Labute approximate surface area is 200 Å². The van der Waals surface area contributed by atoms with Crippen molar-refractivity contribution < 1.29 is 0 Å². The first kappa shape index (κ1) is 24.8. The minimum Gasteiger partial charge on any atom is -0.344 e. The summed E-state index contributed by atoms with van der Waals surface area (Å²) in [6, 6.07) is 18.9. The van der Waals surface area contributed by atoms with E-state index in [4.69, 9.17) is 0 Å². The third-order valence-corrected chi connectivity index (χ3v) is 6.95. The number of nitrogens with one attached hydrogen (secondary N) is 2. The molecule has 1 aromatic heterocycles. The maximum atomic E-state index is 3.68. The highest BCUT2D eigenvalue weighted by molar-refractivity contribution is 5.85. The van der Waals surface area contributed by atoms with Gasteiger partial charge in [0.15, 0.2) is 0 Å². The van der Waals surface area contributed by atoms with Crippen LogP contribution < -0.4 is 10.6 Å². The van der Waals surface area contributed by atoms with Gasteiger partial charge in [-0.3, -0.25) is 0 Å². The maximum absolute atomic E-state index is 3.68. The zero-order chi connectivity index (χ0) is 21.5. The summed E-state index contributed by atoms with van der Waals surface area (Å²) in [5, 5.41) is 8.35. The van der Waals surface area contributed by atoms with Crippen LogP contribution in [0, 0.1) is 6.92 Å². The molecule has 1 unspecified atom stereocenters. The summed E-state index contributed by atoms with van der Waals surface area (Å²) >= 11 is 0. The third kappa shape index (κ3) is 5.95. The van der Waals surface area contributed by atoms with Gasteiger partial charge in [0.2, 0.25) is 0 Å². The highest BCUT2D eigenvalue weighted by Crippen LogP contribution is 2.38. The fraction of sp³-hybridized carbons (Fsp3) is 0.500. The summed E-state index contributed by atoms with van der Waals surface area (Å²) in [4.78, 5) is 0. The van der Waals surface area contributed by atoms with Gasteiger partial charge in [0, 0.05) is 29.1 Å². The average molecular weight is 454 g/mol. The summed E-state index contributed by atoms with van der Waals surface area (Å²) in [7, 11) is 2.02. The molecule has 174 valence electrons. The number of hydrogen-bond donors (Lipinski definition) is 2. The second-order valence-corrected chi connectivity index (χ2v) is 9.26. The van der Waals surface area contributed by atoms with Gasteiger partial charge in [-0.05, 0) is 76.5 Å². The van der Waals surface area contributed by atoms with Crippen LogP contribution in [0.4, 0.5) is 0 Å². The van der Waals surface area contributed by atoms with E-state index < -0.39 is 0 Å². The van der Waals surface area contributed by atoms with E-state index in [9.17, 15) is 0 Å². The van der Waals surface area contributed by atoms with Gasteiger partial charge in [-0.2, -0.15) is 0 Å². The van der Waals surface area contributed by atoms with Crippen molar-refractivity contribution in [3.05, 3.63) is 71.4 Å². The molecule has 1 heterocycles. The fourth-order valence-corrected chi connectivity index (χ4v) is 5.32. The summed E-state index contributed by atoms with van der Waals surface area (Å²) in [5.74, 6) is 0.423. The normalized spacial score (nSPS) is 15.6. The van der Waals surface area contributed by atoms with E-state index in [1.165, 1.54) is 66.1 Å². The number of aryl methyl sites for hydroxylation is 1. The van der Waals surface area contributed by atoms with Crippen molar-refractivity contribution in [3.8, 4) is 0 Å². The Morgan fingerprint density at radius 3 is 2.56 bits per heavy atom. The predicted molar refractivity (Wildman–Crippen MR) is 140 cm³/mol. The second-order valence-electron chi connectivity index (χ2n) is 9.26. The van der Waals surface area contributed by atoms with Crippen LogP contribution in [0.5, 0.6) is 0 Å². The summed E-state index contributed by atoms with van der Waals surface area (Å²) < 4.78 is 2.62. The number of aromatic nitrogens is 1. The monoisotopic (exact) mass is 453 g/mol. The fourth-order valence-electron chi connectivity index (χ4n) is 5.32. The van der Waals surface area contributed by atoms with Crippen molar-refractivity contribution in [1.29, 1.82) is 0 Å². The van der Waals surface area contributed by atoms with Gasteiger partial charge in [-0.25, -0.2) is 0 Å². The Hall–Kier alpha value is -1.81. The molecular weight excluding hydrogens is 414 g/mol. The average Bonchev–Trinajstić information content (AvgIpc) is 3.19. The Bertz CT molecular complexity index is 958. The van der Waals surface area contributed by atoms with Crippen molar-refractivity contribution in [3.63, 3.8) is 0 Å². The van der Waals surface area contributed by atoms with Gasteiger partial charge >= 0.3 is 0 Å². The van der Waals surface area contributed by atoms with Crippen molar-refractivity contribution in [2.45, 2.75) is 63.8 Å². The molecule has 1 saturated carbocycles. The molecule has 1 atom stereocenters. The second kappa shape index (κ2) is 12.4. The molecule has 2 N–H and O–H groups in total. The molecule has 0 radical (unpaired) electrons. The van der Waals surface area contributed by atoms with Gasteiger partial charge in [0.05, 0.1) is 0 Å². The molecule has 0 aliphatic heterocycles. The van der Waals surface area contributed by atoms with Crippen LogP contribution in [0.2, 0.25) is 0 Å². The molecule has 1 aliphatic rings. The largest absolute Gasteiger partial charge is 0.344 e. The van der Waals surface area contributed by atoms with E-state index in [-0.39, 0.29) is 12.4 Å². The molecule has 3 nitrogen and oxygen atoms in total. The molecule has 4 heteroatoms. The van der Waals surface area contributed by atoms with Crippen LogP contribution >= 0.6 is 12.4 Å². The molecule has 3 aromatic rings. The van der Waals surface area contributed by atoms with Crippen LogP contribution in [-0.4, -0.2) is 31.2 Å². The number of nitrogens with zero attached hydrogens (tertiary/aromatic N) is 1. The van der Waals surface area contributed by atoms with E-state index in [0.717, 1.165) is 26.1 Å². The molecule has 0 amide bonds. The zero-order valence-electron chi connectivity index (χ0n) is 19.8. The van der Waals surface area contributed by atoms with Gasteiger partial charge in [0.25, 0.3) is 0 Å². The van der Waals surface area contributed by atoms with Crippen molar-refractivity contribution in [2.24, 2.45) is 0 Å². The first-order valence-corrected chi connectivity index (χ1v) is 12.3. The molecule has 32 heavy (non-hydrogen) atoms. The summed E-state index contributed by atoms with van der Waals surface area (Å²) in [5.41, 5.74) is 5.72. The lowest BCUT2D eigenvalue weighted by Crippen LogP contribution is -2.22. The Kier molecular flexibility index (Phi) is 9.65. The highest BCUT2D eigenvalue weighted by atomic mass is 35.5. The van der Waals surface area contributed by atoms with Crippen LogP contribution in [0.3, 0.4) is 0 Å². The number of benzene rings is 2. The number of hydrogen-bond acceptors (Lipinski definition) is 2. The molecule has 1 fully saturated rings. The Balaban J connectivity index is 0.00000289. The summed E-state index contributed by atoms with van der Waals surface area (Å²) in [6.45, 7) is 5.40. The molecule has 0 spiro atoms. The molecule has 4 rings (SSSR count). The zero-order valence-corrected chi connectivity index (χ0v) is 20.6. The summed E-state index contributed by atoms with van der Waals surface area (Å²) in [6.07, 6.45) is 11.6. The van der Waals surface area contributed by atoms with Crippen molar-refractivity contribution in [2.75, 3.05) is 26.7 Å². The first-order valence-electron chi connectivity index (χ1n) is 12.3. The van der Waals surface area contributed by atoms with Crippen LogP contribution in [0.25, 0.3) is 10.9 Å². The third-order valence-electron chi connectivity index (χ3n) is 6.95. The number of halogens is 1. The van der Waals surface area contributed by atoms with E-state index >= 15 is 0 Å². The van der Waals surface area contributed by atoms with E-state index in [1.54, 1.807) is 0 Å². The van der Waals surface area contributed by atoms with E-state index in [0.29, 0.717) is 12.0 Å². The Morgan fingerprint density at radius 2 is 1.78 bits per heavy atom. The number of para-hydroxylation sites is 1. The number of fused-ring (bicyclic) bond motifs is 1. The van der Waals surface area contributed by atoms with E-state index in [1.807, 2.05) is 7.05 Å². The first-order chi connectivity index (χ1) is 15.3. The van der Waals surface area contributed by atoms with Gasteiger partial charge in [-0.1, -0.05) is 67.3 Å². The van der Waals surface area contributed by atoms with Gasteiger partial charge in [0.1, 0.15) is 0 Å². The SMILES string of the molecule is CNCCCNCCC(c1cccc(C)c1)c1cn(C2CCCCC2)c2ccccc12.Cl. The van der Waals surface area contributed by atoms with E-state index in [2.05, 4.69) is 76.9 Å². The van der Waals surface area contributed by atoms with Crippen LogP contribution in [-0.2, 0) is 0 Å². The Morgan fingerprint density at radius 1 is 0.969 bits per heavy atom.